The van der Waals surface area contributed by atoms with Gasteiger partial charge < -0.3 is 4.74 Å². The van der Waals surface area contributed by atoms with Crippen molar-refractivity contribution in [3.63, 3.8) is 0 Å². The highest BCUT2D eigenvalue weighted by Gasteiger charge is 2.13. The van der Waals surface area contributed by atoms with Crippen molar-refractivity contribution in [2.75, 3.05) is 7.11 Å². The van der Waals surface area contributed by atoms with Gasteiger partial charge in [-0.25, -0.2) is 4.98 Å². The molecule has 0 aliphatic heterocycles. The topological polar surface area (TPSA) is 44.1 Å². The van der Waals surface area contributed by atoms with Crippen molar-refractivity contribution in [1.29, 1.82) is 0 Å². The molecule has 4 aromatic rings. The van der Waals surface area contributed by atoms with Crippen molar-refractivity contribution in [2.24, 2.45) is 0 Å². The number of rotatable bonds is 5. The number of nitrogens with zero attached hydrogens (tertiary/aromatic N) is 2. The average Bonchev–Trinajstić information content (AvgIpc) is 3.13. The predicted octanol–water partition coefficient (Wildman–Crippen LogP) is 4.68. The highest BCUT2D eigenvalue weighted by molar-refractivity contribution is 7.17. The summed E-state index contributed by atoms with van der Waals surface area (Å²) in [5.74, 6) is 0.833. The zero-order valence-corrected chi connectivity index (χ0v) is 16.1. The number of methoxy groups -OCH3 is 1. The summed E-state index contributed by atoms with van der Waals surface area (Å²) in [6.45, 7) is 2.65. The third-order valence-electron chi connectivity index (χ3n) is 4.72. The van der Waals surface area contributed by atoms with Gasteiger partial charge in [-0.15, -0.1) is 11.3 Å². The molecule has 0 fully saturated rings. The molecular weight excluding hydrogens is 356 g/mol. The standard InChI is InChI=1S/C22H20N2O2S/c1-15-3-7-17(8-4-15)19-13-27-21-20(19)22(25)24(14-23-21)12-11-16-5-9-18(26-2)10-6-16/h3-10,13-14H,11-12H2,1-2H3. The van der Waals surface area contributed by atoms with Crippen molar-refractivity contribution in [1.82, 2.24) is 9.55 Å². The summed E-state index contributed by atoms with van der Waals surface area (Å²) < 4.78 is 6.89. The maximum absolute atomic E-state index is 13.1. The van der Waals surface area contributed by atoms with Gasteiger partial charge in [-0.1, -0.05) is 42.0 Å². The number of hydrogen-bond donors (Lipinski definition) is 0. The summed E-state index contributed by atoms with van der Waals surface area (Å²) in [5.41, 5.74) is 4.40. The number of benzene rings is 2. The van der Waals surface area contributed by atoms with E-state index < -0.39 is 0 Å². The van der Waals surface area contributed by atoms with E-state index in [0.29, 0.717) is 11.9 Å². The summed E-state index contributed by atoms with van der Waals surface area (Å²) in [4.78, 5) is 18.4. The van der Waals surface area contributed by atoms with E-state index in [4.69, 9.17) is 4.74 Å². The second kappa shape index (κ2) is 7.37. The molecule has 0 N–H and O–H groups in total. The van der Waals surface area contributed by atoms with Gasteiger partial charge in [-0.3, -0.25) is 9.36 Å². The molecule has 5 heteroatoms. The normalized spacial score (nSPS) is 11.0. The molecule has 4 nitrogen and oxygen atoms in total. The number of fused-ring (bicyclic) bond motifs is 1. The Balaban J connectivity index is 1.65. The maximum atomic E-state index is 13.1. The molecule has 0 saturated carbocycles. The average molecular weight is 376 g/mol. The molecule has 0 saturated heterocycles. The zero-order valence-electron chi connectivity index (χ0n) is 15.3. The van der Waals surface area contributed by atoms with Gasteiger partial charge in [-0.05, 0) is 36.6 Å². The van der Waals surface area contributed by atoms with Gasteiger partial charge in [0, 0.05) is 17.5 Å². The summed E-state index contributed by atoms with van der Waals surface area (Å²) in [6, 6.07) is 16.2. The molecule has 0 spiro atoms. The Morgan fingerprint density at radius 3 is 2.52 bits per heavy atom. The van der Waals surface area contributed by atoms with E-state index in [-0.39, 0.29) is 5.56 Å². The van der Waals surface area contributed by atoms with Crippen LogP contribution in [-0.2, 0) is 13.0 Å². The van der Waals surface area contributed by atoms with Gasteiger partial charge in [0.2, 0.25) is 0 Å². The molecule has 0 amide bonds. The van der Waals surface area contributed by atoms with Gasteiger partial charge in [0.1, 0.15) is 10.6 Å². The van der Waals surface area contributed by atoms with Gasteiger partial charge in [0.05, 0.1) is 18.8 Å². The van der Waals surface area contributed by atoms with Crippen molar-refractivity contribution >= 4 is 21.6 Å². The molecule has 0 bridgehead atoms. The number of aromatic nitrogens is 2. The van der Waals surface area contributed by atoms with E-state index in [0.717, 1.165) is 33.7 Å². The van der Waals surface area contributed by atoms with Gasteiger partial charge in [0.15, 0.2) is 0 Å². The van der Waals surface area contributed by atoms with Crippen LogP contribution in [0, 0.1) is 6.92 Å². The Labute approximate surface area is 161 Å². The summed E-state index contributed by atoms with van der Waals surface area (Å²) in [5, 5.41) is 2.73. The molecule has 0 radical (unpaired) electrons. The fourth-order valence-corrected chi connectivity index (χ4v) is 4.02. The Morgan fingerprint density at radius 2 is 1.81 bits per heavy atom. The van der Waals surface area contributed by atoms with Crippen LogP contribution in [0.4, 0.5) is 0 Å². The second-order valence-corrected chi connectivity index (χ2v) is 7.39. The second-order valence-electron chi connectivity index (χ2n) is 6.54. The summed E-state index contributed by atoms with van der Waals surface area (Å²) in [6.07, 6.45) is 2.42. The van der Waals surface area contributed by atoms with E-state index >= 15 is 0 Å². The van der Waals surface area contributed by atoms with Gasteiger partial charge in [0.25, 0.3) is 5.56 Å². The van der Waals surface area contributed by atoms with E-state index in [2.05, 4.69) is 36.2 Å². The SMILES string of the molecule is COc1ccc(CCn2cnc3scc(-c4ccc(C)cc4)c3c2=O)cc1. The van der Waals surface area contributed by atoms with Crippen LogP contribution in [0.15, 0.2) is 65.0 Å². The lowest BCUT2D eigenvalue weighted by Crippen LogP contribution is -2.21. The molecule has 0 aliphatic rings. The van der Waals surface area contributed by atoms with Crippen LogP contribution in [0.1, 0.15) is 11.1 Å². The Hall–Kier alpha value is -2.92. The molecule has 2 aromatic heterocycles. The van der Waals surface area contributed by atoms with E-state index in [1.165, 1.54) is 16.9 Å². The van der Waals surface area contributed by atoms with Crippen LogP contribution in [0.5, 0.6) is 5.75 Å². The first-order valence-corrected chi connectivity index (χ1v) is 9.70. The van der Waals surface area contributed by atoms with E-state index in [9.17, 15) is 4.79 Å². The van der Waals surface area contributed by atoms with Crippen molar-refractivity contribution in [3.05, 3.63) is 81.7 Å². The molecule has 2 aromatic carbocycles. The highest BCUT2D eigenvalue weighted by atomic mass is 32.1. The third-order valence-corrected chi connectivity index (χ3v) is 5.61. The number of hydrogen-bond acceptors (Lipinski definition) is 4. The van der Waals surface area contributed by atoms with Crippen LogP contribution < -0.4 is 10.3 Å². The maximum Gasteiger partial charge on any atom is 0.262 e. The molecule has 0 unspecified atom stereocenters. The van der Waals surface area contributed by atoms with Gasteiger partial charge in [-0.2, -0.15) is 0 Å². The van der Waals surface area contributed by atoms with E-state index in [1.807, 2.05) is 29.6 Å². The lowest BCUT2D eigenvalue weighted by atomic mass is 10.1. The molecular formula is C22H20N2O2S. The lowest BCUT2D eigenvalue weighted by Gasteiger charge is -2.07. The smallest absolute Gasteiger partial charge is 0.262 e. The van der Waals surface area contributed by atoms with Crippen molar-refractivity contribution < 1.29 is 4.74 Å². The Morgan fingerprint density at radius 1 is 1.07 bits per heavy atom. The first-order valence-electron chi connectivity index (χ1n) is 8.82. The quantitative estimate of drug-likeness (QED) is 0.508. The number of thiophene rings is 1. The summed E-state index contributed by atoms with van der Waals surface area (Å²) in [7, 11) is 1.65. The fraction of sp³-hybridized carbons (Fsp3) is 0.182. The van der Waals surface area contributed by atoms with Crippen molar-refractivity contribution in [3.8, 4) is 16.9 Å². The van der Waals surface area contributed by atoms with Crippen LogP contribution in [0.3, 0.4) is 0 Å². The Kier molecular flexibility index (Phi) is 4.77. The minimum Gasteiger partial charge on any atom is -0.497 e. The van der Waals surface area contributed by atoms with E-state index in [1.54, 1.807) is 18.0 Å². The molecule has 27 heavy (non-hydrogen) atoms. The van der Waals surface area contributed by atoms with Crippen LogP contribution >= 0.6 is 11.3 Å². The Bertz CT molecular complexity index is 1130. The molecule has 0 aliphatic carbocycles. The first-order chi connectivity index (χ1) is 13.2. The molecule has 136 valence electrons. The highest BCUT2D eigenvalue weighted by Crippen LogP contribution is 2.30. The van der Waals surface area contributed by atoms with Crippen LogP contribution in [-0.4, -0.2) is 16.7 Å². The fourth-order valence-electron chi connectivity index (χ4n) is 3.11. The summed E-state index contributed by atoms with van der Waals surface area (Å²) >= 11 is 1.52. The lowest BCUT2D eigenvalue weighted by molar-refractivity contribution is 0.414. The predicted molar refractivity (Wildman–Crippen MR) is 111 cm³/mol. The monoisotopic (exact) mass is 376 g/mol. The first kappa shape index (κ1) is 17.5. The van der Waals surface area contributed by atoms with Crippen LogP contribution in [0.25, 0.3) is 21.3 Å². The van der Waals surface area contributed by atoms with Gasteiger partial charge >= 0.3 is 0 Å². The molecule has 2 heterocycles. The van der Waals surface area contributed by atoms with Crippen LogP contribution in [0.2, 0.25) is 0 Å². The number of aryl methyl sites for hydroxylation is 3. The van der Waals surface area contributed by atoms with Crippen molar-refractivity contribution in [2.45, 2.75) is 19.9 Å². The largest absolute Gasteiger partial charge is 0.497 e. The number of ether oxygens (including phenoxy) is 1. The zero-order chi connectivity index (χ0) is 18.8. The molecule has 0 atom stereocenters. The minimum atomic E-state index is 0.0188. The molecule has 4 rings (SSSR count). The third kappa shape index (κ3) is 3.51. The minimum absolute atomic E-state index is 0.0188.